The molecular formula is C17H29N3O3. The summed E-state index contributed by atoms with van der Waals surface area (Å²) >= 11 is 0. The minimum atomic E-state index is -0.403. The van der Waals surface area contributed by atoms with Gasteiger partial charge in [0.25, 0.3) is 5.91 Å². The van der Waals surface area contributed by atoms with Gasteiger partial charge < -0.3 is 10.1 Å². The second-order valence-electron chi connectivity index (χ2n) is 6.76. The van der Waals surface area contributed by atoms with Gasteiger partial charge in [0.2, 0.25) is 0 Å². The number of amides is 1. The molecule has 23 heavy (non-hydrogen) atoms. The number of carbonyl (C=O) groups excluding carboxylic acids is 2. The predicted octanol–water partition coefficient (Wildman–Crippen LogP) is 2.01. The summed E-state index contributed by atoms with van der Waals surface area (Å²) in [7, 11) is 0. The Morgan fingerprint density at radius 2 is 1.83 bits per heavy atom. The van der Waals surface area contributed by atoms with Crippen molar-refractivity contribution in [3.63, 3.8) is 0 Å². The lowest BCUT2D eigenvalue weighted by Gasteiger charge is -2.09. The molecule has 1 aromatic heterocycles. The molecule has 6 heteroatoms. The third kappa shape index (κ3) is 6.42. The highest BCUT2D eigenvalue weighted by Gasteiger charge is 2.17. The molecule has 1 aromatic rings. The molecule has 0 spiro atoms. The van der Waals surface area contributed by atoms with E-state index in [2.05, 4.69) is 24.3 Å². The maximum absolute atomic E-state index is 12.0. The lowest BCUT2D eigenvalue weighted by Crippen LogP contribution is -2.31. The number of esters is 1. The Balaban J connectivity index is 2.54. The van der Waals surface area contributed by atoms with E-state index in [-0.39, 0.29) is 18.9 Å². The lowest BCUT2D eigenvalue weighted by atomic mass is 10.1. The molecule has 0 aromatic carbocycles. The quantitative estimate of drug-likeness (QED) is 0.743. The topological polar surface area (TPSA) is 73.2 Å². The molecule has 0 aliphatic heterocycles. The second kappa shape index (κ2) is 8.70. The van der Waals surface area contributed by atoms with Crippen molar-refractivity contribution in [2.75, 3.05) is 13.2 Å². The van der Waals surface area contributed by atoms with Gasteiger partial charge in [-0.15, -0.1) is 0 Å². The normalized spacial score (nSPS) is 11.1. The summed E-state index contributed by atoms with van der Waals surface area (Å²) in [4.78, 5) is 23.5. The van der Waals surface area contributed by atoms with Gasteiger partial charge in [0.15, 0.2) is 6.61 Å². The van der Waals surface area contributed by atoms with Crippen molar-refractivity contribution in [3.05, 3.63) is 17.0 Å². The van der Waals surface area contributed by atoms with Crippen molar-refractivity contribution in [3.8, 4) is 0 Å². The number of rotatable bonds is 8. The van der Waals surface area contributed by atoms with Crippen LogP contribution in [-0.2, 0) is 27.3 Å². The van der Waals surface area contributed by atoms with Crippen LogP contribution in [0.15, 0.2) is 0 Å². The second-order valence-corrected chi connectivity index (χ2v) is 6.76. The van der Waals surface area contributed by atoms with Crippen LogP contribution in [-0.4, -0.2) is 34.8 Å². The summed E-state index contributed by atoms with van der Waals surface area (Å²) in [5.74, 6) is 0.181. The zero-order valence-electron chi connectivity index (χ0n) is 15.1. The van der Waals surface area contributed by atoms with Gasteiger partial charge in [0, 0.05) is 24.3 Å². The molecule has 0 radical (unpaired) electrons. The van der Waals surface area contributed by atoms with E-state index >= 15 is 0 Å². The van der Waals surface area contributed by atoms with Crippen LogP contribution in [0.1, 0.15) is 44.6 Å². The number of hydrogen-bond acceptors (Lipinski definition) is 4. The van der Waals surface area contributed by atoms with Crippen LogP contribution in [0.4, 0.5) is 0 Å². The summed E-state index contributed by atoms with van der Waals surface area (Å²) in [5, 5.41) is 7.19. The zero-order valence-corrected chi connectivity index (χ0v) is 15.1. The Hall–Kier alpha value is -1.85. The first kappa shape index (κ1) is 19.2. The summed E-state index contributed by atoms with van der Waals surface area (Å²) in [6, 6.07) is 0. The Bertz CT molecular complexity index is 548. The fraction of sp³-hybridized carbons (Fsp3) is 0.706. The lowest BCUT2D eigenvalue weighted by molar-refractivity contribution is -0.147. The van der Waals surface area contributed by atoms with E-state index in [1.807, 2.05) is 32.4 Å². The Labute approximate surface area is 138 Å². The fourth-order valence-corrected chi connectivity index (χ4v) is 2.22. The average molecular weight is 323 g/mol. The Morgan fingerprint density at radius 3 is 2.39 bits per heavy atom. The highest BCUT2D eigenvalue weighted by Crippen LogP contribution is 2.15. The van der Waals surface area contributed by atoms with Gasteiger partial charge in [-0.1, -0.05) is 27.7 Å². The molecule has 0 aliphatic carbocycles. The molecule has 0 unspecified atom stereocenters. The third-order valence-corrected chi connectivity index (χ3v) is 3.46. The number of nitrogens with one attached hydrogen (secondary N) is 1. The van der Waals surface area contributed by atoms with Crippen LogP contribution in [0.25, 0.3) is 0 Å². The Morgan fingerprint density at radius 1 is 1.17 bits per heavy atom. The Kier molecular flexibility index (Phi) is 7.26. The number of aromatic nitrogens is 2. The molecule has 0 fully saturated rings. The van der Waals surface area contributed by atoms with E-state index < -0.39 is 5.97 Å². The number of ether oxygens (including phenoxy) is 1. The minimum absolute atomic E-state index is 0.146. The summed E-state index contributed by atoms with van der Waals surface area (Å²) in [6.45, 7) is 13.3. The van der Waals surface area contributed by atoms with Crippen molar-refractivity contribution in [2.45, 2.75) is 54.5 Å². The molecule has 1 amide bonds. The molecule has 0 saturated heterocycles. The van der Waals surface area contributed by atoms with Gasteiger partial charge in [0.05, 0.1) is 12.1 Å². The van der Waals surface area contributed by atoms with Crippen LogP contribution in [0, 0.1) is 25.7 Å². The molecule has 0 aliphatic rings. The summed E-state index contributed by atoms with van der Waals surface area (Å²) in [6.07, 6.45) is 0.146. The maximum Gasteiger partial charge on any atom is 0.310 e. The third-order valence-electron chi connectivity index (χ3n) is 3.46. The van der Waals surface area contributed by atoms with Crippen molar-refractivity contribution < 1.29 is 14.3 Å². The van der Waals surface area contributed by atoms with Crippen LogP contribution in [0.2, 0.25) is 0 Å². The molecule has 1 N–H and O–H groups in total. The van der Waals surface area contributed by atoms with E-state index in [4.69, 9.17) is 4.74 Å². The van der Waals surface area contributed by atoms with Gasteiger partial charge in [-0.3, -0.25) is 14.3 Å². The standard InChI is InChI=1S/C17H29N3O3/c1-11(2)8-18-16(21)10-23-17(22)7-15-13(5)19-20(14(15)6)9-12(3)4/h11-12H,7-10H2,1-6H3,(H,18,21). The zero-order chi connectivity index (χ0) is 17.6. The van der Waals surface area contributed by atoms with Gasteiger partial charge in [0.1, 0.15) is 0 Å². The van der Waals surface area contributed by atoms with E-state index in [0.29, 0.717) is 18.4 Å². The highest BCUT2D eigenvalue weighted by atomic mass is 16.5. The number of carbonyl (C=O) groups is 2. The first-order chi connectivity index (χ1) is 10.7. The first-order valence-electron chi connectivity index (χ1n) is 8.15. The fourth-order valence-electron chi connectivity index (χ4n) is 2.22. The SMILES string of the molecule is Cc1nn(CC(C)C)c(C)c1CC(=O)OCC(=O)NCC(C)C. The predicted molar refractivity (Wildman–Crippen MR) is 89.0 cm³/mol. The van der Waals surface area contributed by atoms with E-state index in [0.717, 1.165) is 23.5 Å². The summed E-state index contributed by atoms with van der Waals surface area (Å²) < 4.78 is 6.98. The van der Waals surface area contributed by atoms with Crippen molar-refractivity contribution in [1.82, 2.24) is 15.1 Å². The molecule has 130 valence electrons. The van der Waals surface area contributed by atoms with Crippen molar-refractivity contribution >= 4 is 11.9 Å². The average Bonchev–Trinajstić information content (AvgIpc) is 2.69. The molecule has 6 nitrogen and oxygen atoms in total. The molecule has 1 heterocycles. The van der Waals surface area contributed by atoms with Gasteiger partial charge >= 0.3 is 5.97 Å². The van der Waals surface area contributed by atoms with Crippen LogP contribution < -0.4 is 5.32 Å². The van der Waals surface area contributed by atoms with Gasteiger partial charge in [-0.2, -0.15) is 5.10 Å². The van der Waals surface area contributed by atoms with E-state index in [9.17, 15) is 9.59 Å². The van der Waals surface area contributed by atoms with Crippen LogP contribution in [0.3, 0.4) is 0 Å². The number of hydrogen-bond donors (Lipinski definition) is 1. The van der Waals surface area contributed by atoms with E-state index in [1.165, 1.54) is 0 Å². The highest BCUT2D eigenvalue weighted by molar-refractivity contribution is 5.81. The van der Waals surface area contributed by atoms with Crippen LogP contribution >= 0.6 is 0 Å². The first-order valence-corrected chi connectivity index (χ1v) is 8.15. The summed E-state index contributed by atoms with van der Waals surface area (Å²) in [5.41, 5.74) is 2.71. The largest absolute Gasteiger partial charge is 0.455 e. The van der Waals surface area contributed by atoms with Gasteiger partial charge in [-0.25, -0.2) is 0 Å². The molecule has 1 rings (SSSR count). The van der Waals surface area contributed by atoms with E-state index in [1.54, 1.807) is 0 Å². The smallest absolute Gasteiger partial charge is 0.310 e. The monoisotopic (exact) mass is 323 g/mol. The molecule has 0 saturated carbocycles. The number of aryl methyl sites for hydroxylation is 1. The molecule has 0 atom stereocenters. The molecule has 0 bridgehead atoms. The van der Waals surface area contributed by atoms with Crippen LogP contribution in [0.5, 0.6) is 0 Å². The van der Waals surface area contributed by atoms with Crippen molar-refractivity contribution in [2.24, 2.45) is 11.8 Å². The maximum atomic E-state index is 12.0. The minimum Gasteiger partial charge on any atom is -0.455 e. The van der Waals surface area contributed by atoms with Gasteiger partial charge in [-0.05, 0) is 25.7 Å². The van der Waals surface area contributed by atoms with Crippen molar-refractivity contribution in [1.29, 1.82) is 0 Å². The molecular weight excluding hydrogens is 294 g/mol. The number of nitrogens with zero attached hydrogens (tertiary/aromatic N) is 2.